The molecule has 0 heterocycles. The lowest BCUT2D eigenvalue weighted by Gasteiger charge is -2.32. The van der Waals surface area contributed by atoms with Crippen molar-refractivity contribution in [2.24, 2.45) is 0 Å². The van der Waals surface area contributed by atoms with Crippen LogP contribution in [0.5, 0.6) is 5.75 Å². The van der Waals surface area contributed by atoms with Crippen molar-refractivity contribution in [2.75, 3.05) is 18.0 Å². The van der Waals surface area contributed by atoms with Gasteiger partial charge in [-0.3, -0.25) is 13.9 Å². The number of methoxy groups -OCH3 is 1. The van der Waals surface area contributed by atoms with E-state index in [-0.39, 0.29) is 29.1 Å². The SMILES string of the molecule is CC[C@@H](C)NC(=O)[C@H](C)N(Cc1ccccc1Cl)C(=O)CN(c1cccc(OC)c1)S(=O)(=O)c1ccc(C)cc1. The summed E-state index contributed by atoms with van der Waals surface area (Å²) in [6.45, 7) is 6.78. The van der Waals surface area contributed by atoms with Crippen molar-refractivity contribution < 1.29 is 22.7 Å². The summed E-state index contributed by atoms with van der Waals surface area (Å²) in [4.78, 5) is 28.5. The Morgan fingerprint density at radius 3 is 2.30 bits per heavy atom. The topological polar surface area (TPSA) is 96.0 Å². The van der Waals surface area contributed by atoms with Gasteiger partial charge in [0.05, 0.1) is 17.7 Å². The highest BCUT2D eigenvalue weighted by atomic mass is 35.5. The molecule has 8 nitrogen and oxygen atoms in total. The molecule has 1 N–H and O–H groups in total. The fourth-order valence-electron chi connectivity index (χ4n) is 3.99. The average molecular weight is 586 g/mol. The van der Waals surface area contributed by atoms with Crippen molar-refractivity contribution in [1.82, 2.24) is 10.2 Å². The van der Waals surface area contributed by atoms with Gasteiger partial charge >= 0.3 is 0 Å². The molecule has 0 aliphatic heterocycles. The molecule has 0 bridgehead atoms. The Morgan fingerprint density at radius 2 is 1.68 bits per heavy atom. The van der Waals surface area contributed by atoms with Crippen LogP contribution in [-0.2, 0) is 26.2 Å². The van der Waals surface area contributed by atoms with Crippen LogP contribution in [0.3, 0.4) is 0 Å². The summed E-state index contributed by atoms with van der Waals surface area (Å²) >= 11 is 6.41. The smallest absolute Gasteiger partial charge is 0.264 e. The number of hydrogen-bond acceptors (Lipinski definition) is 5. The maximum Gasteiger partial charge on any atom is 0.264 e. The van der Waals surface area contributed by atoms with Crippen LogP contribution in [0.25, 0.3) is 0 Å². The molecule has 3 aromatic rings. The first kappa shape index (κ1) is 31.0. The normalized spacial score (nSPS) is 12.8. The van der Waals surface area contributed by atoms with Crippen molar-refractivity contribution in [3.63, 3.8) is 0 Å². The third-order valence-corrected chi connectivity index (χ3v) is 8.85. The number of hydrogen-bond donors (Lipinski definition) is 1. The minimum atomic E-state index is -4.17. The lowest BCUT2D eigenvalue weighted by Crippen LogP contribution is -2.52. The first-order valence-corrected chi connectivity index (χ1v) is 14.9. The second kappa shape index (κ2) is 13.7. The van der Waals surface area contributed by atoms with Gasteiger partial charge in [-0.15, -0.1) is 0 Å². The summed E-state index contributed by atoms with van der Waals surface area (Å²) < 4.78 is 34.2. The number of anilines is 1. The number of rotatable bonds is 12. The Bertz CT molecular complexity index is 1430. The molecule has 0 saturated heterocycles. The number of nitrogens with one attached hydrogen (secondary N) is 1. The summed E-state index contributed by atoms with van der Waals surface area (Å²) in [5.74, 6) is -0.474. The molecule has 40 heavy (non-hydrogen) atoms. The molecule has 0 spiro atoms. The predicted molar refractivity (Wildman–Crippen MR) is 158 cm³/mol. The fraction of sp³-hybridized carbons (Fsp3) is 0.333. The van der Waals surface area contributed by atoms with Gasteiger partial charge in [-0.25, -0.2) is 8.42 Å². The molecule has 0 aliphatic rings. The molecule has 0 unspecified atom stereocenters. The summed E-state index contributed by atoms with van der Waals surface area (Å²) in [5.41, 5.74) is 1.78. The Balaban J connectivity index is 2.05. The molecular formula is C30H36ClN3O5S. The number of carbonyl (C=O) groups is 2. The van der Waals surface area contributed by atoms with Gasteiger partial charge in [0.15, 0.2) is 0 Å². The number of amides is 2. The molecule has 0 radical (unpaired) electrons. The second-order valence-electron chi connectivity index (χ2n) is 9.63. The highest BCUT2D eigenvalue weighted by Gasteiger charge is 2.33. The lowest BCUT2D eigenvalue weighted by atomic mass is 10.1. The quantitative estimate of drug-likeness (QED) is 0.316. The zero-order chi connectivity index (χ0) is 29.4. The van der Waals surface area contributed by atoms with E-state index in [0.717, 1.165) is 16.3 Å². The number of ether oxygens (including phenoxy) is 1. The summed E-state index contributed by atoms with van der Waals surface area (Å²) in [6.07, 6.45) is 0.718. The van der Waals surface area contributed by atoms with Gasteiger partial charge in [0, 0.05) is 23.7 Å². The molecule has 2 amide bonds. The molecule has 0 fully saturated rings. The zero-order valence-corrected chi connectivity index (χ0v) is 25.0. The second-order valence-corrected chi connectivity index (χ2v) is 11.9. The lowest BCUT2D eigenvalue weighted by molar-refractivity contribution is -0.139. The molecule has 10 heteroatoms. The van der Waals surface area contributed by atoms with E-state index in [1.165, 1.54) is 24.1 Å². The van der Waals surface area contributed by atoms with E-state index in [4.69, 9.17) is 16.3 Å². The summed E-state index contributed by atoms with van der Waals surface area (Å²) in [6, 6.07) is 18.9. The Labute approximate surface area is 241 Å². The maximum absolute atomic E-state index is 14.0. The Kier molecular flexibility index (Phi) is 10.6. The highest BCUT2D eigenvalue weighted by molar-refractivity contribution is 7.92. The van der Waals surface area contributed by atoms with Gasteiger partial charge in [-0.05, 0) is 63.1 Å². The molecule has 0 saturated carbocycles. The number of carbonyl (C=O) groups excluding carboxylic acids is 2. The van der Waals surface area contributed by atoms with E-state index in [1.54, 1.807) is 67.6 Å². The van der Waals surface area contributed by atoms with E-state index in [9.17, 15) is 18.0 Å². The molecular weight excluding hydrogens is 550 g/mol. The van der Waals surface area contributed by atoms with Crippen LogP contribution in [0.2, 0.25) is 5.02 Å². The van der Waals surface area contributed by atoms with Crippen LogP contribution >= 0.6 is 11.6 Å². The van der Waals surface area contributed by atoms with Crippen molar-refractivity contribution in [3.8, 4) is 5.75 Å². The van der Waals surface area contributed by atoms with Crippen molar-refractivity contribution in [1.29, 1.82) is 0 Å². The van der Waals surface area contributed by atoms with Crippen LogP contribution in [0.1, 0.15) is 38.3 Å². The van der Waals surface area contributed by atoms with E-state index in [2.05, 4.69) is 5.32 Å². The van der Waals surface area contributed by atoms with Gasteiger partial charge in [0.1, 0.15) is 18.3 Å². The number of benzene rings is 3. The van der Waals surface area contributed by atoms with Gasteiger partial charge in [-0.1, -0.05) is 60.5 Å². The van der Waals surface area contributed by atoms with Gasteiger partial charge in [-0.2, -0.15) is 0 Å². The number of nitrogens with zero attached hydrogens (tertiary/aromatic N) is 2. The van der Waals surface area contributed by atoms with Crippen LogP contribution in [0, 0.1) is 6.92 Å². The molecule has 2 atom stereocenters. The van der Waals surface area contributed by atoms with Crippen LogP contribution < -0.4 is 14.4 Å². The van der Waals surface area contributed by atoms with Gasteiger partial charge in [0.25, 0.3) is 10.0 Å². The van der Waals surface area contributed by atoms with Crippen molar-refractivity contribution in [3.05, 3.63) is 88.9 Å². The van der Waals surface area contributed by atoms with E-state index >= 15 is 0 Å². The third-order valence-electron chi connectivity index (χ3n) is 6.70. The van der Waals surface area contributed by atoms with E-state index in [0.29, 0.717) is 16.3 Å². The third kappa shape index (κ3) is 7.55. The minimum absolute atomic E-state index is 0.0180. The van der Waals surface area contributed by atoms with Crippen LogP contribution in [0.4, 0.5) is 5.69 Å². The number of halogens is 1. The first-order valence-electron chi connectivity index (χ1n) is 13.0. The molecule has 3 rings (SSSR count). The van der Waals surface area contributed by atoms with Crippen LogP contribution in [-0.4, -0.2) is 50.9 Å². The Hall–Kier alpha value is -3.56. The number of aryl methyl sites for hydroxylation is 1. The largest absolute Gasteiger partial charge is 0.497 e. The van der Waals surface area contributed by atoms with Gasteiger partial charge in [0.2, 0.25) is 11.8 Å². The van der Waals surface area contributed by atoms with Crippen molar-refractivity contribution in [2.45, 2.75) is 57.6 Å². The molecule has 0 aliphatic carbocycles. The monoisotopic (exact) mass is 585 g/mol. The van der Waals surface area contributed by atoms with E-state index < -0.39 is 28.5 Å². The summed E-state index contributed by atoms with van der Waals surface area (Å²) in [5, 5.41) is 3.35. The Morgan fingerprint density at radius 1 is 1.00 bits per heavy atom. The molecule has 214 valence electrons. The standard InChI is InChI=1S/C30H36ClN3O5S/c1-6-22(3)32-30(36)23(4)33(19-24-10-7-8-13-28(24)31)29(35)20-34(25-11-9-12-26(18-25)39-5)40(37,38)27-16-14-21(2)15-17-27/h7-18,22-23H,6,19-20H2,1-5H3,(H,32,36)/t22-,23+/m1/s1. The van der Waals surface area contributed by atoms with Crippen LogP contribution in [0.15, 0.2) is 77.7 Å². The highest BCUT2D eigenvalue weighted by Crippen LogP contribution is 2.28. The molecule has 0 aromatic heterocycles. The average Bonchev–Trinajstić information content (AvgIpc) is 2.95. The number of sulfonamides is 1. The summed E-state index contributed by atoms with van der Waals surface area (Å²) in [7, 11) is -2.69. The first-order chi connectivity index (χ1) is 19.0. The van der Waals surface area contributed by atoms with Crippen molar-refractivity contribution >= 4 is 39.1 Å². The predicted octanol–water partition coefficient (Wildman–Crippen LogP) is 5.18. The van der Waals surface area contributed by atoms with Gasteiger partial charge < -0.3 is 15.0 Å². The minimum Gasteiger partial charge on any atom is -0.497 e. The fourth-order valence-corrected chi connectivity index (χ4v) is 5.59. The zero-order valence-electron chi connectivity index (χ0n) is 23.4. The maximum atomic E-state index is 14.0. The molecule has 3 aromatic carbocycles. The van der Waals surface area contributed by atoms with E-state index in [1.807, 2.05) is 20.8 Å².